The standard InChI is InChI=1S/C2H8OSi.CHNO/c1-2-3-4;2-1-3/h2H2,1,4H3;2H. The van der Waals surface area contributed by atoms with Gasteiger partial charge >= 0.3 is 0 Å². The zero-order valence-corrected chi connectivity index (χ0v) is 6.52. The molecule has 7 heavy (non-hydrogen) atoms. The quantitative estimate of drug-likeness (QED) is 0.279. The van der Waals surface area contributed by atoms with Crippen LogP contribution in [0, 0.1) is 5.41 Å². The zero-order valence-electron chi connectivity index (χ0n) is 4.52. The fourth-order valence-electron chi connectivity index (χ4n) is 0. The van der Waals surface area contributed by atoms with Gasteiger partial charge in [0.2, 0.25) is 6.08 Å². The maximum atomic E-state index is 8.35. The number of isocyanates is 1. The number of hydrogen-bond acceptors (Lipinski definition) is 3. The van der Waals surface area contributed by atoms with Gasteiger partial charge in [0.1, 0.15) is 10.5 Å². The van der Waals surface area contributed by atoms with Crippen LogP contribution in [-0.4, -0.2) is 23.2 Å². The highest BCUT2D eigenvalue weighted by molar-refractivity contribution is 5.97. The van der Waals surface area contributed by atoms with E-state index >= 15 is 0 Å². The van der Waals surface area contributed by atoms with Gasteiger partial charge in [-0.3, -0.25) is 0 Å². The first kappa shape index (κ1) is 9.75. The first-order chi connectivity index (χ1) is 3.33. The molecule has 0 rings (SSSR count). The summed E-state index contributed by atoms with van der Waals surface area (Å²) < 4.78 is 4.68. The molecular weight excluding hydrogens is 110 g/mol. The van der Waals surface area contributed by atoms with Gasteiger partial charge in [-0.05, 0) is 6.92 Å². The summed E-state index contributed by atoms with van der Waals surface area (Å²) in [7, 11) is 0.890. The van der Waals surface area contributed by atoms with E-state index in [4.69, 9.17) is 10.2 Å². The van der Waals surface area contributed by atoms with Crippen LogP contribution in [-0.2, 0) is 9.22 Å². The maximum Gasteiger partial charge on any atom is 0.231 e. The molecule has 0 aliphatic rings. The molecule has 0 bridgehead atoms. The second-order valence-corrected chi connectivity index (χ2v) is 1.26. The van der Waals surface area contributed by atoms with Crippen LogP contribution in [0.3, 0.4) is 0 Å². The Morgan fingerprint density at radius 3 is 2.14 bits per heavy atom. The van der Waals surface area contributed by atoms with Gasteiger partial charge in [0.25, 0.3) is 0 Å². The van der Waals surface area contributed by atoms with Gasteiger partial charge in [-0.2, -0.15) is 0 Å². The predicted octanol–water partition coefficient (Wildman–Crippen LogP) is -0.796. The highest BCUT2D eigenvalue weighted by Crippen LogP contribution is 1.50. The SMILES string of the molecule is CCO[SiH3].N=C=O. The summed E-state index contributed by atoms with van der Waals surface area (Å²) in [4.78, 5) is 8.35. The average Bonchev–Trinajstić information content (AvgIpc) is 1.69. The highest BCUT2D eigenvalue weighted by Gasteiger charge is 1.51. The molecular formula is C3H9NO2Si. The maximum absolute atomic E-state index is 8.35. The van der Waals surface area contributed by atoms with Crippen LogP contribution in [0.1, 0.15) is 6.92 Å². The van der Waals surface area contributed by atoms with E-state index in [9.17, 15) is 0 Å². The van der Waals surface area contributed by atoms with Crippen molar-refractivity contribution in [3.8, 4) is 0 Å². The van der Waals surface area contributed by atoms with E-state index in [1.807, 2.05) is 6.92 Å². The van der Waals surface area contributed by atoms with Crippen LogP contribution in [0.25, 0.3) is 0 Å². The summed E-state index contributed by atoms with van der Waals surface area (Å²) in [5, 5.41) is 5.40. The Morgan fingerprint density at radius 2 is 2.14 bits per heavy atom. The van der Waals surface area contributed by atoms with Crippen LogP contribution >= 0.6 is 0 Å². The zero-order chi connectivity index (χ0) is 6.12. The third kappa shape index (κ3) is 227. The molecule has 0 heterocycles. The summed E-state index contributed by atoms with van der Waals surface area (Å²) in [6.07, 6.45) is 0.750. The fourth-order valence-corrected chi connectivity index (χ4v) is 0. The molecule has 0 aliphatic heterocycles. The molecule has 1 N–H and O–H groups in total. The van der Waals surface area contributed by atoms with Crippen molar-refractivity contribution in [1.29, 1.82) is 5.41 Å². The smallest absolute Gasteiger partial charge is 0.231 e. The Morgan fingerprint density at radius 1 is 2.00 bits per heavy atom. The van der Waals surface area contributed by atoms with Crippen molar-refractivity contribution in [3.63, 3.8) is 0 Å². The van der Waals surface area contributed by atoms with Gasteiger partial charge in [0.05, 0.1) is 0 Å². The normalized spacial score (nSPS) is 5.86. The summed E-state index contributed by atoms with van der Waals surface area (Å²) in [6, 6.07) is 0. The largest absolute Gasteiger partial charge is 0.428 e. The van der Waals surface area contributed by atoms with Gasteiger partial charge < -0.3 is 4.43 Å². The Hall–Kier alpha value is -0.443. The monoisotopic (exact) mass is 119 g/mol. The first-order valence-electron chi connectivity index (χ1n) is 1.86. The van der Waals surface area contributed by atoms with Crippen LogP contribution in [0.4, 0.5) is 0 Å². The summed E-state index contributed by atoms with van der Waals surface area (Å²) >= 11 is 0. The van der Waals surface area contributed by atoms with E-state index in [1.54, 1.807) is 0 Å². The van der Waals surface area contributed by atoms with Crippen molar-refractivity contribution < 1.29 is 9.22 Å². The molecule has 3 nitrogen and oxygen atoms in total. The van der Waals surface area contributed by atoms with Crippen molar-refractivity contribution in [1.82, 2.24) is 0 Å². The van der Waals surface area contributed by atoms with E-state index in [2.05, 4.69) is 4.43 Å². The van der Waals surface area contributed by atoms with E-state index in [0.717, 1.165) is 23.2 Å². The third-order valence-corrected chi connectivity index (χ3v) is 0.866. The average molecular weight is 119 g/mol. The Balaban J connectivity index is 0. The van der Waals surface area contributed by atoms with Crippen molar-refractivity contribution >= 4 is 16.6 Å². The van der Waals surface area contributed by atoms with E-state index < -0.39 is 0 Å². The fraction of sp³-hybridized carbons (Fsp3) is 0.667. The number of rotatable bonds is 1. The highest BCUT2D eigenvalue weighted by atomic mass is 28.2. The van der Waals surface area contributed by atoms with Crippen LogP contribution in [0.2, 0.25) is 0 Å². The lowest BCUT2D eigenvalue weighted by molar-refractivity contribution is 0.375. The Bertz CT molecular complexity index is 48.9. The van der Waals surface area contributed by atoms with Crippen LogP contribution in [0.15, 0.2) is 0 Å². The summed E-state index contributed by atoms with van der Waals surface area (Å²) in [5.74, 6) is 0. The first-order valence-corrected chi connectivity index (χ1v) is 2.67. The van der Waals surface area contributed by atoms with Crippen molar-refractivity contribution in [3.05, 3.63) is 0 Å². The van der Waals surface area contributed by atoms with E-state index in [-0.39, 0.29) is 0 Å². The molecule has 0 spiro atoms. The third-order valence-electron chi connectivity index (χ3n) is 0.289. The Kier molecular flexibility index (Phi) is 24.6. The topological polar surface area (TPSA) is 50.1 Å². The second kappa shape index (κ2) is 17.7. The van der Waals surface area contributed by atoms with Crippen molar-refractivity contribution in [2.75, 3.05) is 6.61 Å². The van der Waals surface area contributed by atoms with Gasteiger partial charge in [-0.25, -0.2) is 10.2 Å². The minimum atomic E-state index is 0.750. The number of carbonyl (C=O) groups excluding carboxylic acids is 1. The second-order valence-electron chi connectivity index (χ2n) is 0.679. The molecule has 0 unspecified atom stereocenters. The van der Waals surface area contributed by atoms with E-state index in [1.165, 1.54) is 0 Å². The van der Waals surface area contributed by atoms with Gasteiger partial charge in [0.15, 0.2) is 0 Å². The van der Waals surface area contributed by atoms with Gasteiger partial charge in [-0.1, -0.05) is 0 Å². The van der Waals surface area contributed by atoms with Gasteiger partial charge in [0, 0.05) is 6.61 Å². The van der Waals surface area contributed by atoms with Crippen LogP contribution in [0.5, 0.6) is 0 Å². The molecule has 0 saturated carbocycles. The predicted molar refractivity (Wildman–Crippen MR) is 30.0 cm³/mol. The van der Waals surface area contributed by atoms with Gasteiger partial charge in [-0.15, -0.1) is 0 Å². The summed E-state index contributed by atoms with van der Waals surface area (Å²) in [5.41, 5.74) is 0. The van der Waals surface area contributed by atoms with Crippen LogP contribution < -0.4 is 0 Å². The molecule has 0 saturated heterocycles. The minimum absolute atomic E-state index is 0.750. The molecule has 0 aromatic carbocycles. The number of nitrogens with one attached hydrogen (secondary N) is 1. The minimum Gasteiger partial charge on any atom is -0.428 e. The molecule has 0 aromatic rings. The number of hydrogen-bond donors (Lipinski definition) is 1. The molecule has 0 fully saturated rings. The molecule has 0 aliphatic carbocycles. The van der Waals surface area contributed by atoms with Crippen molar-refractivity contribution in [2.24, 2.45) is 0 Å². The van der Waals surface area contributed by atoms with Crippen molar-refractivity contribution in [2.45, 2.75) is 6.92 Å². The molecule has 0 radical (unpaired) electrons. The molecule has 0 aromatic heterocycles. The molecule has 0 atom stereocenters. The summed E-state index contributed by atoms with van der Waals surface area (Å²) in [6.45, 7) is 2.87. The molecule has 0 amide bonds. The van der Waals surface area contributed by atoms with E-state index in [0.29, 0.717) is 0 Å². The lowest BCUT2D eigenvalue weighted by atomic mass is 10.9. The lowest BCUT2D eigenvalue weighted by Gasteiger charge is -1.77. The molecule has 42 valence electrons. The Labute approximate surface area is 45.7 Å². The molecule has 4 heteroatoms. The lowest BCUT2D eigenvalue weighted by Crippen LogP contribution is -1.76.